The summed E-state index contributed by atoms with van der Waals surface area (Å²) in [7, 11) is -3.40. The minimum absolute atomic E-state index is 0.0342. The zero-order chi connectivity index (χ0) is 14.9. The summed E-state index contributed by atoms with van der Waals surface area (Å²) in [5.41, 5.74) is 8.24. The second-order valence-corrected chi connectivity index (χ2v) is 7.79. The quantitative estimate of drug-likeness (QED) is 0.879. The third-order valence-electron chi connectivity index (χ3n) is 4.52. The molecule has 2 aliphatic rings. The van der Waals surface area contributed by atoms with Gasteiger partial charge in [0.2, 0.25) is 0 Å². The summed E-state index contributed by atoms with van der Waals surface area (Å²) in [4.78, 5) is 0. The van der Waals surface area contributed by atoms with Crippen molar-refractivity contribution in [2.24, 2.45) is 5.73 Å². The van der Waals surface area contributed by atoms with Gasteiger partial charge in [0.15, 0.2) is 0 Å². The van der Waals surface area contributed by atoms with Gasteiger partial charge in [0.25, 0.3) is 10.2 Å². The van der Waals surface area contributed by atoms with E-state index in [-0.39, 0.29) is 12.1 Å². The lowest BCUT2D eigenvalue weighted by atomic mass is 9.93. The van der Waals surface area contributed by atoms with E-state index >= 15 is 0 Å². The van der Waals surface area contributed by atoms with Gasteiger partial charge in [-0.1, -0.05) is 24.3 Å². The molecule has 0 amide bonds. The van der Waals surface area contributed by atoms with E-state index in [0.717, 1.165) is 37.7 Å². The van der Waals surface area contributed by atoms with E-state index in [0.29, 0.717) is 13.1 Å². The summed E-state index contributed by atoms with van der Waals surface area (Å²) in [6.07, 6.45) is 4.26. The monoisotopic (exact) mass is 309 g/mol. The van der Waals surface area contributed by atoms with Crippen molar-refractivity contribution in [1.82, 2.24) is 9.03 Å². The number of hydrogen-bond donors (Lipinski definition) is 2. The van der Waals surface area contributed by atoms with Crippen LogP contribution in [-0.4, -0.2) is 31.4 Å². The number of fused-ring (bicyclic) bond motifs is 1. The fourth-order valence-electron chi connectivity index (χ4n) is 3.20. The lowest BCUT2D eigenvalue weighted by molar-refractivity contribution is 0.345. The molecule has 3 rings (SSSR count). The molecule has 0 radical (unpaired) electrons. The Labute approximate surface area is 126 Å². The number of nitrogens with two attached hydrogens (primary N) is 1. The van der Waals surface area contributed by atoms with Crippen molar-refractivity contribution in [3.05, 3.63) is 35.4 Å². The summed E-state index contributed by atoms with van der Waals surface area (Å²) in [5.74, 6) is 0. The maximum atomic E-state index is 12.5. The summed E-state index contributed by atoms with van der Waals surface area (Å²) in [5, 5.41) is 0. The zero-order valence-electron chi connectivity index (χ0n) is 12.2. The number of nitrogens with one attached hydrogen (secondary N) is 1. The molecule has 0 saturated heterocycles. The highest BCUT2D eigenvalue weighted by atomic mass is 32.2. The molecule has 0 aromatic heterocycles. The molecule has 1 aliphatic carbocycles. The van der Waals surface area contributed by atoms with E-state index in [2.05, 4.69) is 10.8 Å². The van der Waals surface area contributed by atoms with Gasteiger partial charge in [0.05, 0.1) is 0 Å². The molecule has 1 fully saturated rings. The van der Waals surface area contributed by atoms with Gasteiger partial charge in [-0.2, -0.15) is 17.4 Å². The maximum Gasteiger partial charge on any atom is 0.280 e. The van der Waals surface area contributed by atoms with Crippen molar-refractivity contribution < 1.29 is 8.42 Å². The first-order valence-electron chi connectivity index (χ1n) is 7.64. The molecule has 1 heterocycles. The summed E-state index contributed by atoms with van der Waals surface area (Å²) in [6, 6.07) is 8.32. The van der Waals surface area contributed by atoms with Gasteiger partial charge in [-0.25, -0.2) is 0 Å². The van der Waals surface area contributed by atoms with E-state index in [9.17, 15) is 8.42 Å². The van der Waals surface area contributed by atoms with Gasteiger partial charge < -0.3 is 5.73 Å². The third-order valence-corrected chi connectivity index (χ3v) is 6.15. The van der Waals surface area contributed by atoms with E-state index in [1.54, 1.807) is 4.31 Å². The average molecular weight is 309 g/mol. The number of hydrogen-bond acceptors (Lipinski definition) is 3. The first kappa shape index (κ1) is 15.0. The predicted molar refractivity (Wildman–Crippen MR) is 82.8 cm³/mol. The largest absolute Gasteiger partial charge is 0.328 e. The molecular weight excluding hydrogens is 286 g/mol. The highest BCUT2D eigenvalue weighted by Gasteiger charge is 2.30. The van der Waals surface area contributed by atoms with Gasteiger partial charge in [0.1, 0.15) is 0 Å². The SMILES string of the molecule is NC1CCC(NS(=O)(=O)N2CCc3ccccc3C2)CC1. The number of rotatable bonds is 3. The van der Waals surface area contributed by atoms with Gasteiger partial charge in [0, 0.05) is 25.2 Å². The lowest BCUT2D eigenvalue weighted by Gasteiger charge is -2.32. The van der Waals surface area contributed by atoms with Crippen molar-refractivity contribution in [1.29, 1.82) is 0 Å². The van der Waals surface area contributed by atoms with Crippen LogP contribution in [0, 0.1) is 0 Å². The normalized spacial score (nSPS) is 27.3. The molecule has 1 saturated carbocycles. The number of benzene rings is 1. The van der Waals surface area contributed by atoms with Crippen molar-refractivity contribution in [3.63, 3.8) is 0 Å². The average Bonchev–Trinajstić information content (AvgIpc) is 2.49. The fraction of sp³-hybridized carbons (Fsp3) is 0.600. The maximum absolute atomic E-state index is 12.5. The smallest absolute Gasteiger partial charge is 0.280 e. The van der Waals surface area contributed by atoms with E-state index in [1.807, 2.05) is 18.2 Å². The second kappa shape index (κ2) is 6.04. The Morgan fingerprint density at radius 2 is 1.76 bits per heavy atom. The minimum atomic E-state index is -3.40. The van der Waals surface area contributed by atoms with Gasteiger partial charge in [-0.3, -0.25) is 0 Å². The van der Waals surface area contributed by atoms with Crippen LogP contribution in [0.25, 0.3) is 0 Å². The van der Waals surface area contributed by atoms with Crippen LogP contribution in [0.3, 0.4) is 0 Å². The first-order valence-corrected chi connectivity index (χ1v) is 9.08. The zero-order valence-corrected chi connectivity index (χ0v) is 13.0. The highest BCUT2D eigenvalue weighted by Crippen LogP contribution is 2.22. The molecule has 5 nitrogen and oxygen atoms in total. The molecule has 6 heteroatoms. The van der Waals surface area contributed by atoms with Crippen LogP contribution < -0.4 is 10.5 Å². The Balaban J connectivity index is 1.66. The Kier molecular flexibility index (Phi) is 4.31. The fourth-order valence-corrected chi connectivity index (χ4v) is 4.64. The molecule has 1 aromatic rings. The van der Waals surface area contributed by atoms with Crippen LogP contribution in [0.2, 0.25) is 0 Å². The molecule has 0 bridgehead atoms. The molecule has 0 atom stereocenters. The van der Waals surface area contributed by atoms with Crippen molar-refractivity contribution in [3.8, 4) is 0 Å². The van der Waals surface area contributed by atoms with Crippen LogP contribution >= 0.6 is 0 Å². The lowest BCUT2D eigenvalue weighted by Crippen LogP contribution is -2.48. The van der Waals surface area contributed by atoms with Crippen molar-refractivity contribution in [2.75, 3.05) is 6.54 Å². The van der Waals surface area contributed by atoms with Gasteiger partial charge in [-0.05, 0) is 43.2 Å². The Hall–Kier alpha value is -0.950. The van der Waals surface area contributed by atoms with Crippen LogP contribution in [0.5, 0.6) is 0 Å². The Morgan fingerprint density at radius 3 is 2.48 bits per heavy atom. The molecule has 21 heavy (non-hydrogen) atoms. The van der Waals surface area contributed by atoms with Gasteiger partial charge >= 0.3 is 0 Å². The van der Waals surface area contributed by atoms with E-state index in [1.165, 1.54) is 5.56 Å². The third kappa shape index (κ3) is 3.45. The second-order valence-electron chi connectivity index (χ2n) is 6.09. The summed E-state index contributed by atoms with van der Waals surface area (Å²) < 4.78 is 29.5. The highest BCUT2D eigenvalue weighted by molar-refractivity contribution is 7.87. The predicted octanol–water partition coefficient (Wildman–Crippen LogP) is 1.15. The molecule has 1 aromatic carbocycles. The molecule has 0 unspecified atom stereocenters. The Morgan fingerprint density at radius 1 is 1.10 bits per heavy atom. The summed E-state index contributed by atoms with van der Waals surface area (Å²) in [6.45, 7) is 1.02. The molecule has 116 valence electrons. The van der Waals surface area contributed by atoms with Crippen LogP contribution in [0.1, 0.15) is 36.8 Å². The van der Waals surface area contributed by atoms with Crippen molar-refractivity contribution >= 4 is 10.2 Å². The van der Waals surface area contributed by atoms with E-state index < -0.39 is 10.2 Å². The molecule has 1 aliphatic heterocycles. The standard InChI is InChI=1S/C15H23N3O2S/c16-14-5-7-15(8-6-14)17-21(19,20)18-10-9-12-3-1-2-4-13(12)11-18/h1-4,14-15,17H,5-11,16H2. The minimum Gasteiger partial charge on any atom is -0.328 e. The first-order chi connectivity index (χ1) is 10.0. The topological polar surface area (TPSA) is 75.4 Å². The van der Waals surface area contributed by atoms with Crippen LogP contribution in [0.4, 0.5) is 0 Å². The Bertz CT molecular complexity index is 595. The van der Waals surface area contributed by atoms with E-state index in [4.69, 9.17) is 5.73 Å². The van der Waals surface area contributed by atoms with Gasteiger partial charge in [-0.15, -0.1) is 0 Å². The molecule has 3 N–H and O–H groups in total. The van der Waals surface area contributed by atoms with Crippen LogP contribution in [-0.2, 0) is 23.2 Å². The molecular formula is C15H23N3O2S. The number of nitrogens with zero attached hydrogens (tertiary/aromatic N) is 1. The summed E-state index contributed by atoms with van der Waals surface area (Å²) >= 11 is 0. The van der Waals surface area contributed by atoms with Crippen molar-refractivity contribution in [2.45, 2.75) is 50.7 Å². The molecule has 0 spiro atoms. The van der Waals surface area contributed by atoms with Crippen LogP contribution in [0.15, 0.2) is 24.3 Å².